The summed E-state index contributed by atoms with van der Waals surface area (Å²) in [6.45, 7) is 20.3. The lowest BCUT2D eigenvalue weighted by Crippen LogP contribution is -2.12. The van der Waals surface area contributed by atoms with Crippen LogP contribution in [0.2, 0.25) is 0 Å². The van der Waals surface area contributed by atoms with Crippen molar-refractivity contribution in [3.63, 3.8) is 0 Å². The van der Waals surface area contributed by atoms with Crippen LogP contribution >= 0.6 is 0 Å². The molecule has 1 nitrogen and oxygen atoms in total. The number of aromatic nitrogens is 1. The first-order chi connectivity index (χ1) is 20.8. The molecule has 2 aromatic rings. The first kappa shape index (κ1) is 35.1. The van der Waals surface area contributed by atoms with Gasteiger partial charge in [0.1, 0.15) is 0 Å². The van der Waals surface area contributed by atoms with E-state index in [1.54, 1.807) is 0 Å². The zero-order chi connectivity index (χ0) is 31.1. The van der Waals surface area contributed by atoms with Gasteiger partial charge in [0.25, 0.3) is 0 Å². The topological polar surface area (TPSA) is 12.9 Å². The van der Waals surface area contributed by atoms with Crippen molar-refractivity contribution < 1.29 is 0 Å². The molecule has 0 radical (unpaired) electrons. The van der Waals surface area contributed by atoms with E-state index in [1.165, 1.54) is 153 Å². The molecule has 0 saturated carbocycles. The Bertz CT molecular complexity index is 1190. The summed E-state index contributed by atoms with van der Waals surface area (Å²) in [7, 11) is 0. The summed E-state index contributed by atoms with van der Waals surface area (Å²) in [6, 6.07) is 11.7. The molecule has 0 saturated heterocycles. The van der Waals surface area contributed by atoms with Crippen molar-refractivity contribution in [2.24, 2.45) is 5.41 Å². The molecule has 0 aliphatic heterocycles. The van der Waals surface area contributed by atoms with Crippen LogP contribution in [0.5, 0.6) is 0 Å². The Balaban J connectivity index is 1.36. The summed E-state index contributed by atoms with van der Waals surface area (Å²) >= 11 is 0. The van der Waals surface area contributed by atoms with Gasteiger partial charge in [-0.15, -0.1) is 0 Å². The van der Waals surface area contributed by atoms with E-state index >= 15 is 0 Å². The van der Waals surface area contributed by atoms with Crippen LogP contribution in [-0.4, -0.2) is 4.98 Å². The first-order valence-corrected chi connectivity index (χ1v) is 18.0. The molecule has 1 aromatic carbocycles. The highest BCUT2D eigenvalue weighted by Crippen LogP contribution is 2.36. The van der Waals surface area contributed by atoms with Crippen LogP contribution in [-0.2, 0) is 25.7 Å². The van der Waals surface area contributed by atoms with E-state index < -0.39 is 0 Å². The van der Waals surface area contributed by atoms with Crippen LogP contribution < -0.4 is 0 Å². The molecule has 43 heavy (non-hydrogen) atoms. The van der Waals surface area contributed by atoms with E-state index in [0.717, 1.165) is 19.3 Å². The number of pyridine rings is 1. The Morgan fingerprint density at radius 2 is 1.44 bits per heavy atom. The van der Waals surface area contributed by atoms with E-state index in [-0.39, 0.29) is 0 Å². The average Bonchev–Trinajstić information content (AvgIpc) is 3.01. The molecule has 1 aliphatic carbocycles. The van der Waals surface area contributed by atoms with E-state index in [9.17, 15) is 0 Å². The van der Waals surface area contributed by atoms with Gasteiger partial charge < -0.3 is 0 Å². The molecule has 1 heteroatoms. The van der Waals surface area contributed by atoms with Crippen LogP contribution in [0.1, 0.15) is 165 Å². The van der Waals surface area contributed by atoms with Crippen LogP contribution in [0.15, 0.2) is 54.6 Å². The zero-order valence-corrected chi connectivity index (χ0v) is 28.8. The molecule has 0 spiro atoms. The molecule has 0 fully saturated rings. The highest BCUT2D eigenvalue weighted by molar-refractivity contribution is 5.94. The number of benzene rings is 1. The molecule has 1 aromatic heterocycles. The number of allylic oxidation sites excluding steroid dienone is 3. The minimum atomic E-state index is 0.312. The molecule has 0 N–H and O–H groups in total. The fraction of sp³-hybridized carbons (Fsp3) is 0.595. The normalized spacial score (nSPS) is 13.2. The summed E-state index contributed by atoms with van der Waals surface area (Å²) in [5.74, 6) is 0. The zero-order valence-electron chi connectivity index (χ0n) is 28.8. The lowest BCUT2D eigenvalue weighted by Gasteiger charge is -2.25. The van der Waals surface area contributed by atoms with Crippen molar-refractivity contribution in [2.75, 3.05) is 0 Å². The van der Waals surface area contributed by atoms with Crippen molar-refractivity contribution in [1.82, 2.24) is 4.98 Å². The van der Waals surface area contributed by atoms with Gasteiger partial charge in [0, 0.05) is 12.1 Å². The van der Waals surface area contributed by atoms with Crippen LogP contribution in [0.3, 0.4) is 0 Å². The highest BCUT2D eigenvalue weighted by atomic mass is 14.7. The summed E-state index contributed by atoms with van der Waals surface area (Å²) in [5, 5.41) is 0. The van der Waals surface area contributed by atoms with Crippen LogP contribution in [0.25, 0.3) is 11.6 Å². The fourth-order valence-electron chi connectivity index (χ4n) is 6.38. The van der Waals surface area contributed by atoms with Gasteiger partial charge in [-0.25, -0.2) is 0 Å². The van der Waals surface area contributed by atoms with Crippen LogP contribution in [0, 0.1) is 5.41 Å². The minimum Gasteiger partial charge on any atom is -0.257 e. The Morgan fingerprint density at radius 1 is 0.791 bits per heavy atom. The summed E-state index contributed by atoms with van der Waals surface area (Å²) in [5.41, 5.74) is 12.3. The van der Waals surface area contributed by atoms with Gasteiger partial charge >= 0.3 is 0 Å². The smallest absolute Gasteiger partial charge is 0.0523 e. The Hall–Kier alpha value is -2.41. The summed E-state index contributed by atoms with van der Waals surface area (Å²) in [6.07, 6.45) is 26.4. The molecule has 236 valence electrons. The monoisotopic (exact) mass is 581 g/mol. The number of unbranched alkanes of at least 4 members (excludes halogenated alkanes) is 11. The van der Waals surface area contributed by atoms with Gasteiger partial charge in [0.05, 0.1) is 5.69 Å². The Kier molecular flexibility index (Phi) is 15.0. The second kappa shape index (κ2) is 18.4. The lowest BCUT2D eigenvalue weighted by atomic mass is 9.80. The molecule has 0 bridgehead atoms. The largest absolute Gasteiger partial charge is 0.257 e. The van der Waals surface area contributed by atoms with Gasteiger partial charge in [0.2, 0.25) is 0 Å². The fourth-order valence-corrected chi connectivity index (χ4v) is 6.38. The molecule has 3 rings (SSSR count). The standard InChI is InChI=1S/C42H63N/c1-8-11-20-24-35-26-29-39(36(9-2)31-35)40-32-37-27-28-38(43-41(37)30-33(40)4)25-22-19-17-15-13-12-14-16-18-21-23-34(5)42(6,7)10-3/h26-29,31-32H,4-5,8-25,30H2,1-3,6-7H3. The highest BCUT2D eigenvalue weighted by Gasteiger charge is 2.20. The SMILES string of the molecule is C=C1Cc2nc(CCCCCCCCCCCCC(=C)C(C)(C)CC)ccc2C=C1c1ccc(CCCCC)cc1CC. The van der Waals surface area contributed by atoms with E-state index in [2.05, 4.69) is 84.2 Å². The molecule has 1 heterocycles. The Labute approximate surface area is 266 Å². The van der Waals surface area contributed by atoms with Gasteiger partial charge in [-0.05, 0) is 102 Å². The first-order valence-electron chi connectivity index (χ1n) is 18.0. The van der Waals surface area contributed by atoms with Crippen LogP contribution in [0.4, 0.5) is 0 Å². The third kappa shape index (κ3) is 11.2. The van der Waals surface area contributed by atoms with Crippen molar-refractivity contribution in [3.05, 3.63) is 88.3 Å². The van der Waals surface area contributed by atoms with Crippen molar-refractivity contribution in [2.45, 2.75) is 157 Å². The van der Waals surface area contributed by atoms with Gasteiger partial charge in [0.15, 0.2) is 0 Å². The summed E-state index contributed by atoms with van der Waals surface area (Å²) < 4.78 is 0. The van der Waals surface area contributed by atoms with Gasteiger partial charge in [-0.1, -0.05) is 142 Å². The predicted molar refractivity (Wildman–Crippen MR) is 192 cm³/mol. The van der Waals surface area contributed by atoms with Crippen molar-refractivity contribution >= 4 is 11.6 Å². The molecule has 1 aliphatic rings. The number of aryl methyl sites for hydroxylation is 3. The maximum Gasteiger partial charge on any atom is 0.0523 e. The second-order valence-corrected chi connectivity index (χ2v) is 13.9. The average molecular weight is 582 g/mol. The number of nitrogens with zero attached hydrogens (tertiary/aromatic N) is 1. The van der Waals surface area contributed by atoms with Gasteiger partial charge in [-0.3, -0.25) is 4.98 Å². The maximum atomic E-state index is 5.09. The third-order valence-corrected chi connectivity index (χ3v) is 10.0. The van der Waals surface area contributed by atoms with Gasteiger partial charge in [-0.2, -0.15) is 0 Å². The molecular formula is C42H63N. The minimum absolute atomic E-state index is 0.312. The number of hydrogen-bond acceptors (Lipinski definition) is 1. The molecule has 0 amide bonds. The molecular weight excluding hydrogens is 518 g/mol. The van der Waals surface area contributed by atoms with Crippen molar-refractivity contribution in [1.29, 1.82) is 0 Å². The Morgan fingerprint density at radius 3 is 2.09 bits per heavy atom. The third-order valence-electron chi connectivity index (χ3n) is 10.0. The predicted octanol–water partition coefficient (Wildman–Crippen LogP) is 12.9. The summed E-state index contributed by atoms with van der Waals surface area (Å²) in [4.78, 5) is 5.09. The number of hydrogen-bond donors (Lipinski definition) is 0. The lowest BCUT2D eigenvalue weighted by molar-refractivity contribution is 0.409. The van der Waals surface area contributed by atoms with E-state index in [0.29, 0.717) is 5.41 Å². The quantitative estimate of drug-likeness (QED) is 0.105. The van der Waals surface area contributed by atoms with E-state index in [4.69, 9.17) is 4.98 Å². The maximum absolute atomic E-state index is 5.09. The molecule has 0 unspecified atom stereocenters. The number of rotatable bonds is 21. The van der Waals surface area contributed by atoms with E-state index in [1.807, 2.05) is 0 Å². The number of fused-ring (bicyclic) bond motifs is 1. The van der Waals surface area contributed by atoms with Crippen molar-refractivity contribution in [3.8, 4) is 0 Å². The molecule has 0 atom stereocenters. The second-order valence-electron chi connectivity index (χ2n) is 13.9.